The number of aromatic amines is 1. The maximum atomic E-state index is 9.98. The number of anilines is 1. The molecule has 0 amide bonds. The quantitative estimate of drug-likeness (QED) is 0.574. The van der Waals surface area contributed by atoms with Gasteiger partial charge in [-0.25, -0.2) is 4.98 Å². The van der Waals surface area contributed by atoms with Crippen LogP contribution >= 0.6 is 0 Å². The molecule has 0 spiro atoms. The molecule has 140 valence electrons. The van der Waals surface area contributed by atoms with E-state index in [-0.39, 0.29) is 6.10 Å². The first-order chi connectivity index (χ1) is 13.8. The topological polar surface area (TPSA) is 90.8 Å². The summed E-state index contributed by atoms with van der Waals surface area (Å²) in [4.78, 5) is 15.7. The smallest absolute Gasteiger partial charge is 0.129 e. The van der Waals surface area contributed by atoms with Gasteiger partial charge in [0.1, 0.15) is 11.5 Å². The van der Waals surface area contributed by atoms with Crippen molar-refractivity contribution in [2.45, 2.75) is 18.9 Å². The predicted octanol–water partition coefficient (Wildman–Crippen LogP) is 3.04. The lowest BCUT2D eigenvalue weighted by Gasteiger charge is -2.31. The Labute approximate surface area is 162 Å². The van der Waals surface area contributed by atoms with Crippen molar-refractivity contribution >= 4 is 16.7 Å². The van der Waals surface area contributed by atoms with Crippen LogP contribution in [0.3, 0.4) is 0 Å². The fourth-order valence-electron chi connectivity index (χ4n) is 3.68. The zero-order chi connectivity index (χ0) is 18.9. The molecule has 1 atom stereocenters. The van der Waals surface area contributed by atoms with Crippen LogP contribution in [0.15, 0.2) is 55.0 Å². The molecule has 0 aromatic carbocycles. The lowest BCUT2D eigenvalue weighted by molar-refractivity contribution is 0.154. The summed E-state index contributed by atoms with van der Waals surface area (Å²) in [6, 6.07) is 11.8. The first kappa shape index (κ1) is 16.8. The number of aliphatic hydroxyl groups is 1. The number of pyridine rings is 3. The van der Waals surface area contributed by atoms with E-state index in [1.807, 2.05) is 36.4 Å². The van der Waals surface area contributed by atoms with E-state index < -0.39 is 0 Å². The molecule has 5 rings (SSSR count). The van der Waals surface area contributed by atoms with Crippen molar-refractivity contribution in [2.24, 2.45) is 0 Å². The SMILES string of the molecule is O[C@H]1CCCN(c2cccc(-c3n[nH]c4cnc(-c5cccnc5)cc34)n2)C1. The Morgan fingerprint density at radius 2 is 2.07 bits per heavy atom. The van der Waals surface area contributed by atoms with E-state index in [1.54, 1.807) is 18.6 Å². The third kappa shape index (κ3) is 3.10. The van der Waals surface area contributed by atoms with Gasteiger partial charge in [-0.3, -0.25) is 15.1 Å². The second kappa shape index (κ2) is 7.01. The van der Waals surface area contributed by atoms with Crippen LogP contribution in [0.1, 0.15) is 12.8 Å². The highest BCUT2D eigenvalue weighted by Crippen LogP contribution is 2.29. The van der Waals surface area contributed by atoms with Gasteiger partial charge in [-0.05, 0) is 43.2 Å². The highest BCUT2D eigenvalue weighted by Gasteiger charge is 2.20. The minimum atomic E-state index is -0.293. The van der Waals surface area contributed by atoms with Crippen LogP contribution in [0.2, 0.25) is 0 Å². The lowest BCUT2D eigenvalue weighted by atomic mass is 10.1. The monoisotopic (exact) mass is 372 g/mol. The van der Waals surface area contributed by atoms with Crippen LogP contribution < -0.4 is 4.90 Å². The van der Waals surface area contributed by atoms with Crippen molar-refractivity contribution in [2.75, 3.05) is 18.0 Å². The van der Waals surface area contributed by atoms with E-state index in [9.17, 15) is 5.11 Å². The van der Waals surface area contributed by atoms with Gasteiger partial charge < -0.3 is 10.0 Å². The summed E-state index contributed by atoms with van der Waals surface area (Å²) in [5.74, 6) is 0.869. The lowest BCUT2D eigenvalue weighted by Crippen LogP contribution is -2.38. The van der Waals surface area contributed by atoms with Crippen LogP contribution in [-0.2, 0) is 0 Å². The molecule has 4 aromatic rings. The largest absolute Gasteiger partial charge is 0.391 e. The van der Waals surface area contributed by atoms with Gasteiger partial charge in [-0.1, -0.05) is 6.07 Å². The summed E-state index contributed by atoms with van der Waals surface area (Å²) in [5.41, 5.74) is 4.26. The van der Waals surface area contributed by atoms with Crippen LogP contribution in [0.4, 0.5) is 5.82 Å². The second-order valence-electron chi connectivity index (χ2n) is 7.05. The molecule has 1 aliphatic heterocycles. The van der Waals surface area contributed by atoms with Crippen molar-refractivity contribution in [3.63, 3.8) is 0 Å². The Morgan fingerprint density at radius 1 is 1.11 bits per heavy atom. The van der Waals surface area contributed by atoms with Crippen LogP contribution in [-0.4, -0.2) is 49.4 Å². The third-order valence-corrected chi connectivity index (χ3v) is 5.10. The molecule has 28 heavy (non-hydrogen) atoms. The van der Waals surface area contributed by atoms with Gasteiger partial charge in [0.2, 0.25) is 0 Å². The molecule has 4 aromatic heterocycles. The minimum Gasteiger partial charge on any atom is -0.391 e. The summed E-state index contributed by atoms with van der Waals surface area (Å²) < 4.78 is 0. The molecule has 0 bridgehead atoms. The average molecular weight is 372 g/mol. The van der Waals surface area contributed by atoms with Crippen molar-refractivity contribution in [1.29, 1.82) is 0 Å². The number of aromatic nitrogens is 5. The number of piperidine rings is 1. The normalized spacial score (nSPS) is 17.2. The Balaban J connectivity index is 1.55. The minimum absolute atomic E-state index is 0.293. The molecule has 5 heterocycles. The van der Waals surface area contributed by atoms with Gasteiger partial charge in [0.15, 0.2) is 0 Å². The maximum Gasteiger partial charge on any atom is 0.129 e. The Morgan fingerprint density at radius 3 is 2.93 bits per heavy atom. The van der Waals surface area contributed by atoms with Gasteiger partial charge in [0.25, 0.3) is 0 Å². The molecule has 7 heteroatoms. The molecule has 1 saturated heterocycles. The number of nitrogens with zero attached hydrogens (tertiary/aromatic N) is 5. The molecule has 0 unspecified atom stereocenters. The van der Waals surface area contributed by atoms with Gasteiger partial charge in [0, 0.05) is 36.4 Å². The number of aliphatic hydroxyl groups excluding tert-OH is 1. The number of fused-ring (bicyclic) bond motifs is 1. The summed E-state index contributed by atoms with van der Waals surface area (Å²) in [7, 11) is 0. The Bertz CT molecular complexity index is 1110. The second-order valence-corrected chi connectivity index (χ2v) is 7.05. The molecule has 2 N–H and O–H groups in total. The zero-order valence-electron chi connectivity index (χ0n) is 15.3. The van der Waals surface area contributed by atoms with Crippen LogP contribution in [0, 0.1) is 0 Å². The first-order valence-electron chi connectivity index (χ1n) is 9.43. The Hall–Kier alpha value is -3.32. The number of H-pyrrole nitrogens is 1. The Kier molecular flexibility index (Phi) is 4.21. The number of hydrogen-bond donors (Lipinski definition) is 2. The summed E-state index contributed by atoms with van der Waals surface area (Å²) in [5, 5.41) is 18.5. The van der Waals surface area contributed by atoms with E-state index in [2.05, 4.69) is 25.1 Å². The number of β-amino-alcohol motifs (C(OH)–C–C–N with tert-alkyl or cyclic N) is 1. The summed E-state index contributed by atoms with van der Waals surface area (Å²) >= 11 is 0. The molecular formula is C21H20N6O. The van der Waals surface area contributed by atoms with Crippen molar-refractivity contribution < 1.29 is 5.11 Å². The van der Waals surface area contributed by atoms with Crippen molar-refractivity contribution in [1.82, 2.24) is 25.1 Å². The highest BCUT2D eigenvalue weighted by atomic mass is 16.3. The summed E-state index contributed by atoms with van der Waals surface area (Å²) in [6.45, 7) is 1.52. The van der Waals surface area contributed by atoms with Gasteiger partial charge in [0.05, 0.1) is 29.2 Å². The molecule has 1 fully saturated rings. The molecule has 0 saturated carbocycles. The van der Waals surface area contributed by atoms with Gasteiger partial charge in [-0.2, -0.15) is 5.10 Å². The number of rotatable bonds is 3. The van der Waals surface area contributed by atoms with E-state index in [0.717, 1.165) is 58.8 Å². The molecular weight excluding hydrogens is 352 g/mol. The highest BCUT2D eigenvalue weighted by molar-refractivity contribution is 5.93. The molecule has 7 nitrogen and oxygen atoms in total. The van der Waals surface area contributed by atoms with Crippen LogP contribution in [0.25, 0.3) is 33.5 Å². The molecule has 0 radical (unpaired) electrons. The van der Waals surface area contributed by atoms with Crippen molar-refractivity contribution in [3.8, 4) is 22.6 Å². The van der Waals surface area contributed by atoms with E-state index >= 15 is 0 Å². The van der Waals surface area contributed by atoms with Gasteiger partial charge >= 0.3 is 0 Å². The van der Waals surface area contributed by atoms with E-state index in [0.29, 0.717) is 6.54 Å². The molecule has 0 aliphatic carbocycles. The number of hydrogen-bond acceptors (Lipinski definition) is 6. The van der Waals surface area contributed by atoms with Crippen molar-refractivity contribution in [3.05, 3.63) is 55.0 Å². The van der Waals surface area contributed by atoms with Crippen LogP contribution in [0.5, 0.6) is 0 Å². The zero-order valence-corrected chi connectivity index (χ0v) is 15.3. The summed E-state index contributed by atoms with van der Waals surface area (Å²) in [6.07, 6.45) is 6.87. The number of nitrogens with one attached hydrogen (secondary N) is 1. The third-order valence-electron chi connectivity index (χ3n) is 5.10. The first-order valence-corrected chi connectivity index (χ1v) is 9.43. The fraction of sp³-hybridized carbons (Fsp3) is 0.238. The standard InChI is InChI=1S/C21H20N6O/c28-15-5-3-9-27(13-15)20-7-1-6-17(24-20)21-16-10-18(14-4-2-8-22-11-14)23-12-19(16)25-26-21/h1-2,4,6-8,10-12,15,28H,3,5,9,13H2,(H,25,26)/t15-/m0/s1. The average Bonchev–Trinajstić information content (AvgIpc) is 3.18. The fourth-order valence-corrected chi connectivity index (χ4v) is 3.68. The predicted molar refractivity (Wildman–Crippen MR) is 108 cm³/mol. The van der Waals surface area contributed by atoms with Gasteiger partial charge in [-0.15, -0.1) is 0 Å². The van der Waals surface area contributed by atoms with E-state index in [4.69, 9.17) is 4.98 Å². The maximum absolute atomic E-state index is 9.98. The molecule has 1 aliphatic rings. The van der Waals surface area contributed by atoms with E-state index in [1.165, 1.54) is 0 Å².